The Morgan fingerprint density at radius 2 is 1.96 bits per heavy atom. The van der Waals surface area contributed by atoms with Gasteiger partial charge >= 0.3 is 0 Å². The van der Waals surface area contributed by atoms with Gasteiger partial charge in [-0.3, -0.25) is 0 Å². The number of thioether (sulfide) groups is 1. The molecule has 0 unspecified atom stereocenters. The van der Waals surface area contributed by atoms with Gasteiger partial charge in [0.15, 0.2) is 5.96 Å². The van der Waals surface area contributed by atoms with Gasteiger partial charge in [-0.1, -0.05) is 12.1 Å². The lowest BCUT2D eigenvalue weighted by molar-refractivity contribution is 0.172. The van der Waals surface area contributed by atoms with Crippen LogP contribution in [0.15, 0.2) is 23.2 Å². The molecule has 7 heteroatoms. The van der Waals surface area contributed by atoms with Crippen molar-refractivity contribution in [1.29, 1.82) is 0 Å². The van der Waals surface area contributed by atoms with Gasteiger partial charge in [0.05, 0.1) is 13.2 Å². The van der Waals surface area contributed by atoms with E-state index in [0.717, 1.165) is 43.2 Å². The van der Waals surface area contributed by atoms with Crippen molar-refractivity contribution in [2.45, 2.75) is 39.7 Å². The lowest BCUT2D eigenvalue weighted by atomic mass is 10.1. The first-order valence-electron chi connectivity index (χ1n) is 9.43. The number of methoxy groups -OCH3 is 1. The first-order chi connectivity index (χ1) is 12.7. The fraction of sp³-hybridized carbons (Fsp3) is 0.650. The van der Waals surface area contributed by atoms with E-state index in [1.54, 1.807) is 7.11 Å². The number of nitrogens with one attached hydrogen (secondary N) is 2. The third-order valence-corrected chi connectivity index (χ3v) is 4.49. The van der Waals surface area contributed by atoms with Crippen molar-refractivity contribution >= 4 is 41.7 Å². The lowest BCUT2D eigenvalue weighted by Gasteiger charge is -2.13. The molecule has 0 aliphatic heterocycles. The SMILES string of the molecule is CCNC(=NCc1ccc(C)cc1OCCCOC)NCCCCSC.I. The molecule has 2 N–H and O–H groups in total. The van der Waals surface area contributed by atoms with Gasteiger partial charge in [0.25, 0.3) is 0 Å². The van der Waals surface area contributed by atoms with Crippen molar-refractivity contribution in [2.24, 2.45) is 4.99 Å². The summed E-state index contributed by atoms with van der Waals surface area (Å²) in [6, 6.07) is 6.29. The zero-order valence-electron chi connectivity index (χ0n) is 17.2. The predicted octanol–water partition coefficient (Wildman–Crippen LogP) is 4.23. The molecule has 0 heterocycles. The van der Waals surface area contributed by atoms with Gasteiger partial charge in [-0.25, -0.2) is 4.99 Å². The third-order valence-electron chi connectivity index (χ3n) is 3.79. The van der Waals surface area contributed by atoms with E-state index >= 15 is 0 Å². The van der Waals surface area contributed by atoms with Crippen molar-refractivity contribution in [3.8, 4) is 5.75 Å². The van der Waals surface area contributed by atoms with Crippen LogP contribution in [0.25, 0.3) is 0 Å². The smallest absolute Gasteiger partial charge is 0.191 e. The van der Waals surface area contributed by atoms with Gasteiger partial charge < -0.3 is 20.1 Å². The van der Waals surface area contributed by atoms with E-state index in [1.807, 2.05) is 11.8 Å². The summed E-state index contributed by atoms with van der Waals surface area (Å²) in [4.78, 5) is 4.72. The van der Waals surface area contributed by atoms with Gasteiger partial charge in [-0.2, -0.15) is 11.8 Å². The van der Waals surface area contributed by atoms with Gasteiger partial charge in [0.2, 0.25) is 0 Å². The third kappa shape index (κ3) is 12.4. The van der Waals surface area contributed by atoms with Crippen LogP contribution >= 0.6 is 35.7 Å². The number of benzene rings is 1. The van der Waals surface area contributed by atoms with Crippen molar-refractivity contribution in [2.75, 3.05) is 45.4 Å². The molecule has 1 aromatic carbocycles. The maximum atomic E-state index is 5.95. The molecule has 156 valence electrons. The van der Waals surface area contributed by atoms with Gasteiger partial charge in [0, 0.05) is 38.8 Å². The minimum atomic E-state index is 0. The lowest BCUT2D eigenvalue weighted by Crippen LogP contribution is -2.37. The number of hydrogen-bond donors (Lipinski definition) is 2. The summed E-state index contributed by atoms with van der Waals surface area (Å²) < 4.78 is 11.0. The van der Waals surface area contributed by atoms with E-state index in [0.29, 0.717) is 19.8 Å². The number of aryl methyl sites for hydroxylation is 1. The number of ether oxygens (including phenoxy) is 2. The van der Waals surface area contributed by atoms with Crippen LogP contribution in [-0.4, -0.2) is 51.4 Å². The summed E-state index contributed by atoms with van der Waals surface area (Å²) in [5.74, 6) is 2.99. The Labute approximate surface area is 186 Å². The number of nitrogens with zero attached hydrogens (tertiary/aromatic N) is 1. The molecule has 0 amide bonds. The highest BCUT2D eigenvalue weighted by Gasteiger charge is 2.05. The summed E-state index contributed by atoms with van der Waals surface area (Å²) in [7, 11) is 1.71. The first-order valence-corrected chi connectivity index (χ1v) is 10.8. The zero-order valence-corrected chi connectivity index (χ0v) is 20.3. The van der Waals surface area contributed by atoms with Crippen LogP contribution in [0, 0.1) is 6.92 Å². The minimum absolute atomic E-state index is 0. The normalized spacial score (nSPS) is 11.0. The van der Waals surface area contributed by atoms with E-state index in [4.69, 9.17) is 14.5 Å². The Morgan fingerprint density at radius 3 is 2.67 bits per heavy atom. The monoisotopic (exact) mass is 509 g/mol. The predicted molar refractivity (Wildman–Crippen MR) is 129 cm³/mol. The molecule has 0 saturated heterocycles. The van der Waals surface area contributed by atoms with E-state index in [-0.39, 0.29) is 24.0 Å². The number of halogens is 1. The van der Waals surface area contributed by atoms with Crippen LogP contribution in [0.5, 0.6) is 5.75 Å². The molecule has 1 aromatic rings. The van der Waals surface area contributed by atoms with Gasteiger partial charge in [-0.05, 0) is 50.3 Å². The number of aliphatic imine (C=N–C) groups is 1. The van der Waals surface area contributed by atoms with Crippen LogP contribution in [0.4, 0.5) is 0 Å². The zero-order chi connectivity index (χ0) is 19.0. The fourth-order valence-corrected chi connectivity index (χ4v) is 2.89. The highest BCUT2D eigenvalue weighted by Crippen LogP contribution is 2.21. The summed E-state index contributed by atoms with van der Waals surface area (Å²) in [5.41, 5.74) is 2.30. The molecule has 0 bridgehead atoms. The maximum Gasteiger partial charge on any atom is 0.191 e. The second-order valence-corrected chi connectivity index (χ2v) is 7.11. The molecule has 5 nitrogen and oxygen atoms in total. The highest BCUT2D eigenvalue weighted by molar-refractivity contribution is 14.0. The Balaban J connectivity index is 0.00000676. The Morgan fingerprint density at radius 1 is 1.15 bits per heavy atom. The molecular formula is C20H36IN3O2S. The van der Waals surface area contributed by atoms with Crippen LogP contribution in [-0.2, 0) is 11.3 Å². The summed E-state index contributed by atoms with van der Waals surface area (Å²) in [6.45, 7) is 7.92. The quantitative estimate of drug-likeness (QED) is 0.181. The Bertz CT molecular complexity index is 530. The van der Waals surface area contributed by atoms with Gasteiger partial charge in [0.1, 0.15) is 5.75 Å². The topological polar surface area (TPSA) is 54.9 Å². The Kier molecular flexibility index (Phi) is 17.0. The molecule has 0 saturated carbocycles. The van der Waals surface area contributed by atoms with Crippen LogP contribution in [0.2, 0.25) is 0 Å². The van der Waals surface area contributed by atoms with Gasteiger partial charge in [-0.15, -0.1) is 24.0 Å². The van der Waals surface area contributed by atoms with E-state index in [2.05, 4.69) is 48.9 Å². The van der Waals surface area contributed by atoms with E-state index in [9.17, 15) is 0 Å². The number of guanidine groups is 1. The standard InChI is InChI=1S/C20H35N3O2S.HI/c1-5-21-20(22-11-6-7-14-26-4)23-16-18-10-9-17(2)15-19(18)25-13-8-12-24-3;/h9-10,15H,5-8,11-14,16H2,1-4H3,(H2,21,22,23);1H. The molecule has 27 heavy (non-hydrogen) atoms. The second-order valence-electron chi connectivity index (χ2n) is 6.13. The van der Waals surface area contributed by atoms with Crippen molar-refractivity contribution in [3.05, 3.63) is 29.3 Å². The average Bonchev–Trinajstić information content (AvgIpc) is 2.64. The van der Waals surface area contributed by atoms with Crippen LogP contribution < -0.4 is 15.4 Å². The van der Waals surface area contributed by atoms with Crippen molar-refractivity contribution < 1.29 is 9.47 Å². The minimum Gasteiger partial charge on any atom is -0.493 e. The summed E-state index contributed by atoms with van der Waals surface area (Å²) in [5, 5.41) is 6.72. The number of unbranched alkanes of at least 4 members (excludes halogenated alkanes) is 1. The van der Waals surface area contributed by atoms with E-state index < -0.39 is 0 Å². The Hall–Kier alpha value is -0.670. The fourth-order valence-electron chi connectivity index (χ4n) is 2.40. The average molecular weight is 509 g/mol. The highest BCUT2D eigenvalue weighted by atomic mass is 127. The molecular weight excluding hydrogens is 473 g/mol. The molecule has 0 fully saturated rings. The molecule has 1 rings (SSSR count). The van der Waals surface area contributed by atoms with Crippen LogP contribution in [0.1, 0.15) is 37.3 Å². The molecule has 0 spiro atoms. The molecule has 0 aliphatic carbocycles. The first kappa shape index (κ1) is 26.3. The molecule has 0 aromatic heterocycles. The van der Waals surface area contributed by atoms with Crippen LogP contribution in [0.3, 0.4) is 0 Å². The summed E-state index contributed by atoms with van der Waals surface area (Å²) >= 11 is 1.89. The second kappa shape index (κ2) is 17.4. The maximum absolute atomic E-state index is 5.95. The summed E-state index contributed by atoms with van der Waals surface area (Å²) in [6.07, 6.45) is 5.41. The molecule has 0 atom stereocenters. The number of rotatable bonds is 13. The number of hydrogen-bond acceptors (Lipinski definition) is 4. The van der Waals surface area contributed by atoms with Crippen molar-refractivity contribution in [3.63, 3.8) is 0 Å². The largest absolute Gasteiger partial charge is 0.493 e. The van der Waals surface area contributed by atoms with E-state index in [1.165, 1.54) is 17.7 Å². The van der Waals surface area contributed by atoms with Crippen molar-refractivity contribution in [1.82, 2.24) is 10.6 Å². The molecule has 0 aliphatic rings. The molecule has 0 radical (unpaired) electrons.